The Morgan fingerprint density at radius 1 is 0.810 bits per heavy atom. The minimum atomic E-state index is -0.890. The van der Waals surface area contributed by atoms with Crippen LogP contribution in [0.25, 0.3) is 0 Å². The molecule has 0 radical (unpaired) electrons. The van der Waals surface area contributed by atoms with E-state index in [0.717, 1.165) is 11.1 Å². The number of carboxylic acids is 1. The summed E-state index contributed by atoms with van der Waals surface area (Å²) in [6, 6.07) is 16.7. The van der Waals surface area contributed by atoms with Crippen molar-refractivity contribution in [1.29, 1.82) is 0 Å². The van der Waals surface area contributed by atoms with Gasteiger partial charge in [0, 0.05) is 11.5 Å². The number of Topliss-reactive ketones (excluding diaryl/α,β-unsaturated/α-hetero) is 1. The molecule has 21 heavy (non-hydrogen) atoms. The van der Waals surface area contributed by atoms with Crippen molar-refractivity contribution in [2.24, 2.45) is 11.8 Å². The van der Waals surface area contributed by atoms with Crippen LogP contribution in [0.5, 0.6) is 0 Å². The zero-order valence-electron chi connectivity index (χ0n) is 11.5. The molecule has 3 nitrogen and oxygen atoms in total. The summed E-state index contributed by atoms with van der Waals surface area (Å²) < 4.78 is 0. The molecule has 106 valence electrons. The molecular formula is C18H16O3. The molecule has 2 aromatic carbocycles. The predicted octanol–water partition coefficient (Wildman–Crippen LogP) is 2.99. The standard InChI is InChI=1S/C18H16O3/c19-17(12-6-2-1-3-7-12)15-10-13-8-4-5-9-14(13)11-16(15)18(20)21/h1-9,15-16H,10-11H2,(H,20,21)/t15-,16+/m1/s1. The quantitative estimate of drug-likeness (QED) is 0.879. The first-order valence-electron chi connectivity index (χ1n) is 7.05. The molecule has 0 saturated carbocycles. The maximum Gasteiger partial charge on any atom is 0.307 e. The van der Waals surface area contributed by atoms with Gasteiger partial charge < -0.3 is 5.11 Å². The first-order chi connectivity index (χ1) is 10.2. The summed E-state index contributed by atoms with van der Waals surface area (Å²) in [6.07, 6.45) is 0.926. The number of carboxylic acid groups (broad SMARTS) is 1. The van der Waals surface area contributed by atoms with Gasteiger partial charge in [0.1, 0.15) is 0 Å². The molecule has 0 amide bonds. The highest BCUT2D eigenvalue weighted by atomic mass is 16.4. The second-order valence-electron chi connectivity index (χ2n) is 5.46. The Labute approximate surface area is 123 Å². The van der Waals surface area contributed by atoms with Crippen molar-refractivity contribution in [3.8, 4) is 0 Å². The summed E-state index contributed by atoms with van der Waals surface area (Å²) >= 11 is 0. The van der Waals surface area contributed by atoms with E-state index in [1.807, 2.05) is 30.3 Å². The van der Waals surface area contributed by atoms with E-state index >= 15 is 0 Å². The van der Waals surface area contributed by atoms with Gasteiger partial charge in [-0.2, -0.15) is 0 Å². The Kier molecular flexibility index (Phi) is 3.57. The molecule has 1 N–H and O–H groups in total. The molecule has 0 fully saturated rings. The van der Waals surface area contributed by atoms with Gasteiger partial charge in [0.2, 0.25) is 0 Å². The summed E-state index contributed by atoms with van der Waals surface area (Å²) in [4.78, 5) is 24.2. The molecule has 0 saturated heterocycles. The summed E-state index contributed by atoms with van der Waals surface area (Å²) in [6.45, 7) is 0. The van der Waals surface area contributed by atoms with Crippen molar-refractivity contribution >= 4 is 11.8 Å². The van der Waals surface area contributed by atoms with E-state index in [0.29, 0.717) is 18.4 Å². The lowest BCUT2D eigenvalue weighted by Crippen LogP contribution is -2.36. The second kappa shape index (κ2) is 5.52. The number of hydrogen-bond acceptors (Lipinski definition) is 2. The Morgan fingerprint density at radius 3 is 1.90 bits per heavy atom. The number of ketones is 1. The van der Waals surface area contributed by atoms with Crippen LogP contribution in [0.3, 0.4) is 0 Å². The average Bonchev–Trinajstić information content (AvgIpc) is 2.53. The molecule has 2 atom stereocenters. The van der Waals surface area contributed by atoms with Gasteiger partial charge in [-0.3, -0.25) is 9.59 Å². The number of carbonyl (C=O) groups is 2. The zero-order chi connectivity index (χ0) is 14.8. The van der Waals surface area contributed by atoms with Crippen LogP contribution in [0, 0.1) is 11.8 Å². The third-order valence-corrected chi connectivity index (χ3v) is 4.20. The van der Waals surface area contributed by atoms with Crippen molar-refractivity contribution in [2.45, 2.75) is 12.8 Å². The van der Waals surface area contributed by atoms with Gasteiger partial charge in [-0.25, -0.2) is 0 Å². The predicted molar refractivity (Wildman–Crippen MR) is 79.2 cm³/mol. The number of carbonyl (C=O) groups excluding carboxylic acids is 1. The fraction of sp³-hybridized carbons (Fsp3) is 0.222. The van der Waals surface area contributed by atoms with E-state index in [9.17, 15) is 14.7 Å². The molecule has 0 heterocycles. The van der Waals surface area contributed by atoms with Gasteiger partial charge in [0.05, 0.1) is 5.92 Å². The molecule has 0 spiro atoms. The van der Waals surface area contributed by atoms with Crippen molar-refractivity contribution in [3.63, 3.8) is 0 Å². The van der Waals surface area contributed by atoms with Crippen LogP contribution in [0.15, 0.2) is 54.6 Å². The Morgan fingerprint density at radius 2 is 1.33 bits per heavy atom. The highest BCUT2D eigenvalue weighted by Gasteiger charge is 2.38. The van der Waals surface area contributed by atoms with Crippen LogP contribution in [0.1, 0.15) is 21.5 Å². The van der Waals surface area contributed by atoms with Crippen molar-refractivity contribution < 1.29 is 14.7 Å². The SMILES string of the molecule is O=C(O)[C@H]1Cc2ccccc2C[C@H]1C(=O)c1ccccc1. The van der Waals surface area contributed by atoms with E-state index < -0.39 is 17.8 Å². The molecule has 1 aliphatic carbocycles. The van der Waals surface area contributed by atoms with E-state index in [2.05, 4.69) is 0 Å². The maximum absolute atomic E-state index is 12.7. The normalized spacial score (nSPS) is 20.6. The second-order valence-corrected chi connectivity index (χ2v) is 5.46. The molecule has 0 aromatic heterocycles. The number of rotatable bonds is 3. The third kappa shape index (κ3) is 2.59. The smallest absolute Gasteiger partial charge is 0.307 e. The lowest BCUT2D eigenvalue weighted by atomic mass is 9.73. The number of fused-ring (bicyclic) bond motifs is 1. The maximum atomic E-state index is 12.7. The van der Waals surface area contributed by atoms with Crippen molar-refractivity contribution in [2.75, 3.05) is 0 Å². The van der Waals surface area contributed by atoms with Gasteiger partial charge in [0.15, 0.2) is 5.78 Å². The highest BCUT2D eigenvalue weighted by molar-refractivity contribution is 6.00. The topological polar surface area (TPSA) is 54.4 Å². The zero-order valence-corrected chi connectivity index (χ0v) is 11.5. The summed E-state index contributed by atoms with van der Waals surface area (Å²) in [5.74, 6) is -2.09. The Balaban J connectivity index is 1.96. The van der Waals surface area contributed by atoms with Crippen LogP contribution in [-0.4, -0.2) is 16.9 Å². The number of aliphatic carboxylic acids is 1. The van der Waals surface area contributed by atoms with E-state index in [4.69, 9.17) is 0 Å². The van der Waals surface area contributed by atoms with Crippen LogP contribution in [0.2, 0.25) is 0 Å². The third-order valence-electron chi connectivity index (χ3n) is 4.20. The molecule has 0 aliphatic heterocycles. The fourth-order valence-electron chi connectivity index (χ4n) is 3.07. The van der Waals surface area contributed by atoms with E-state index in [1.54, 1.807) is 24.3 Å². The first kappa shape index (κ1) is 13.6. The van der Waals surface area contributed by atoms with Crippen LogP contribution in [0.4, 0.5) is 0 Å². The van der Waals surface area contributed by atoms with E-state index in [1.165, 1.54) is 0 Å². The number of hydrogen-bond donors (Lipinski definition) is 1. The van der Waals surface area contributed by atoms with Crippen LogP contribution in [-0.2, 0) is 17.6 Å². The Bertz CT molecular complexity index is 676. The van der Waals surface area contributed by atoms with Crippen molar-refractivity contribution in [3.05, 3.63) is 71.3 Å². The molecule has 2 aromatic rings. The molecule has 3 heteroatoms. The monoisotopic (exact) mass is 280 g/mol. The summed E-state index contributed by atoms with van der Waals surface area (Å²) in [5, 5.41) is 9.48. The summed E-state index contributed by atoms with van der Waals surface area (Å²) in [5.41, 5.74) is 2.72. The van der Waals surface area contributed by atoms with E-state index in [-0.39, 0.29) is 5.78 Å². The van der Waals surface area contributed by atoms with Crippen LogP contribution >= 0.6 is 0 Å². The van der Waals surface area contributed by atoms with Gasteiger partial charge in [-0.15, -0.1) is 0 Å². The lowest BCUT2D eigenvalue weighted by molar-refractivity contribution is -0.143. The van der Waals surface area contributed by atoms with Gasteiger partial charge in [0.25, 0.3) is 0 Å². The first-order valence-corrected chi connectivity index (χ1v) is 7.05. The fourth-order valence-corrected chi connectivity index (χ4v) is 3.07. The molecule has 1 aliphatic rings. The minimum absolute atomic E-state index is 0.0718. The minimum Gasteiger partial charge on any atom is -0.481 e. The molecule has 0 bridgehead atoms. The molecular weight excluding hydrogens is 264 g/mol. The van der Waals surface area contributed by atoms with Gasteiger partial charge in [-0.1, -0.05) is 54.6 Å². The average molecular weight is 280 g/mol. The van der Waals surface area contributed by atoms with Crippen molar-refractivity contribution in [1.82, 2.24) is 0 Å². The Hall–Kier alpha value is -2.42. The lowest BCUT2D eigenvalue weighted by Gasteiger charge is -2.29. The highest BCUT2D eigenvalue weighted by Crippen LogP contribution is 2.32. The largest absolute Gasteiger partial charge is 0.481 e. The summed E-state index contributed by atoms with van der Waals surface area (Å²) in [7, 11) is 0. The molecule has 3 rings (SSSR count). The molecule has 0 unspecified atom stereocenters. The van der Waals surface area contributed by atoms with Crippen LogP contribution < -0.4 is 0 Å². The van der Waals surface area contributed by atoms with Gasteiger partial charge >= 0.3 is 5.97 Å². The van der Waals surface area contributed by atoms with Gasteiger partial charge in [-0.05, 0) is 24.0 Å². The number of benzene rings is 2.